The molecule has 1 aliphatic rings. The minimum absolute atomic E-state index is 0.345. The van der Waals surface area contributed by atoms with Gasteiger partial charge in [0.1, 0.15) is 18.1 Å². The fourth-order valence-electron chi connectivity index (χ4n) is 3.05. The minimum Gasteiger partial charge on any atom is -0.489 e. The second-order valence-electron chi connectivity index (χ2n) is 6.85. The zero-order valence-electron chi connectivity index (χ0n) is 15.9. The van der Waals surface area contributed by atoms with Crippen molar-refractivity contribution in [2.75, 3.05) is 0 Å². The van der Waals surface area contributed by atoms with E-state index in [-0.39, 0.29) is 5.97 Å². The average Bonchev–Trinajstić information content (AvgIpc) is 3.08. The molecule has 0 fully saturated rings. The molecular formula is C25H19BrO3. The van der Waals surface area contributed by atoms with Crippen molar-refractivity contribution in [2.24, 2.45) is 0 Å². The van der Waals surface area contributed by atoms with Gasteiger partial charge in [0.05, 0.1) is 5.57 Å². The Morgan fingerprint density at radius 1 is 1.00 bits per heavy atom. The number of carbonyl (C=O) groups excluding carboxylic acids is 1. The van der Waals surface area contributed by atoms with E-state index in [4.69, 9.17) is 9.47 Å². The Morgan fingerprint density at radius 3 is 2.48 bits per heavy atom. The molecule has 3 aromatic carbocycles. The largest absolute Gasteiger partial charge is 0.489 e. The number of cyclic esters (lactones) is 1. The molecule has 0 spiro atoms. The van der Waals surface area contributed by atoms with E-state index in [9.17, 15) is 4.79 Å². The lowest BCUT2D eigenvalue weighted by Gasteiger charge is -2.07. The van der Waals surface area contributed by atoms with Gasteiger partial charge < -0.3 is 9.47 Å². The second kappa shape index (κ2) is 8.50. The highest BCUT2D eigenvalue weighted by Crippen LogP contribution is 2.28. The van der Waals surface area contributed by atoms with Crippen molar-refractivity contribution in [2.45, 2.75) is 13.5 Å². The summed E-state index contributed by atoms with van der Waals surface area (Å²) >= 11 is 3.41. The van der Waals surface area contributed by atoms with Crippen LogP contribution in [0, 0.1) is 6.92 Å². The van der Waals surface area contributed by atoms with Crippen LogP contribution in [0.25, 0.3) is 11.8 Å². The number of rotatable bonds is 5. The maximum atomic E-state index is 12.2. The van der Waals surface area contributed by atoms with Gasteiger partial charge in [-0.3, -0.25) is 0 Å². The second-order valence-corrected chi connectivity index (χ2v) is 7.77. The summed E-state index contributed by atoms with van der Waals surface area (Å²) in [5, 5.41) is 0. The fourth-order valence-corrected chi connectivity index (χ4v) is 3.32. The monoisotopic (exact) mass is 446 g/mol. The van der Waals surface area contributed by atoms with Crippen LogP contribution in [0.4, 0.5) is 0 Å². The molecule has 29 heavy (non-hydrogen) atoms. The standard InChI is InChI=1S/C25H19BrO3/c1-17-3-2-4-19(13-17)16-28-23-11-5-18(6-12-23)14-21-15-24(29-25(21)27)20-7-9-22(26)10-8-20/h2-15H,16H2,1H3/b21-14+. The summed E-state index contributed by atoms with van der Waals surface area (Å²) in [4.78, 5) is 12.2. The van der Waals surface area contributed by atoms with Gasteiger partial charge in [-0.05, 0) is 54.5 Å². The van der Waals surface area contributed by atoms with Gasteiger partial charge in [0, 0.05) is 10.0 Å². The maximum Gasteiger partial charge on any atom is 0.343 e. The molecule has 1 heterocycles. The lowest BCUT2D eigenvalue weighted by molar-refractivity contribution is -0.130. The van der Waals surface area contributed by atoms with E-state index in [1.807, 2.05) is 66.7 Å². The Hall–Kier alpha value is -3.11. The van der Waals surface area contributed by atoms with Crippen LogP contribution < -0.4 is 4.74 Å². The number of halogens is 1. The smallest absolute Gasteiger partial charge is 0.343 e. The minimum atomic E-state index is -0.345. The van der Waals surface area contributed by atoms with E-state index in [2.05, 4.69) is 35.0 Å². The van der Waals surface area contributed by atoms with Crippen LogP contribution in [0.2, 0.25) is 0 Å². The van der Waals surface area contributed by atoms with Gasteiger partial charge in [0.2, 0.25) is 0 Å². The van der Waals surface area contributed by atoms with Crippen molar-refractivity contribution in [3.63, 3.8) is 0 Å². The first-order valence-electron chi connectivity index (χ1n) is 9.27. The van der Waals surface area contributed by atoms with Gasteiger partial charge in [-0.25, -0.2) is 4.79 Å². The highest BCUT2D eigenvalue weighted by molar-refractivity contribution is 9.10. The van der Waals surface area contributed by atoms with E-state index in [1.54, 1.807) is 6.08 Å². The van der Waals surface area contributed by atoms with E-state index >= 15 is 0 Å². The van der Waals surface area contributed by atoms with E-state index in [1.165, 1.54) is 5.56 Å². The molecule has 0 saturated carbocycles. The van der Waals surface area contributed by atoms with Crippen LogP contribution in [0.5, 0.6) is 5.75 Å². The highest BCUT2D eigenvalue weighted by Gasteiger charge is 2.21. The molecule has 0 saturated heterocycles. The summed E-state index contributed by atoms with van der Waals surface area (Å²) in [7, 11) is 0. The van der Waals surface area contributed by atoms with Gasteiger partial charge >= 0.3 is 5.97 Å². The number of benzene rings is 3. The van der Waals surface area contributed by atoms with Crippen molar-refractivity contribution in [3.05, 3.63) is 111 Å². The molecule has 144 valence electrons. The summed E-state index contributed by atoms with van der Waals surface area (Å²) in [6, 6.07) is 23.6. The normalized spacial score (nSPS) is 14.6. The molecule has 4 heteroatoms. The van der Waals surface area contributed by atoms with Crippen molar-refractivity contribution < 1.29 is 14.3 Å². The Balaban J connectivity index is 1.45. The van der Waals surface area contributed by atoms with Gasteiger partial charge in [-0.15, -0.1) is 0 Å². The predicted octanol–water partition coefficient (Wildman–Crippen LogP) is 6.32. The average molecular weight is 447 g/mol. The number of esters is 1. The molecule has 0 aromatic heterocycles. The van der Waals surface area contributed by atoms with Gasteiger partial charge in [0.25, 0.3) is 0 Å². The van der Waals surface area contributed by atoms with Crippen LogP contribution in [0.15, 0.2) is 88.9 Å². The van der Waals surface area contributed by atoms with Crippen molar-refractivity contribution in [1.82, 2.24) is 0 Å². The highest BCUT2D eigenvalue weighted by atomic mass is 79.9. The molecule has 3 nitrogen and oxygen atoms in total. The van der Waals surface area contributed by atoms with Crippen LogP contribution in [0.3, 0.4) is 0 Å². The van der Waals surface area contributed by atoms with Crippen LogP contribution in [0.1, 0.15) is 22.3 Å². The molecular weight excluding hydrogens is 428 g/mol. The maximum absolute atomic E-state index is 12.2. The summed E-state index contributed by atoms with van der Waals surface area (Å²) < 4.78 is 12.2. The summed E-state index contributed by atoms with van der Waals surface area (Å²) in [5.41, 5.74) is 4.65. The first-order valence-corrected chi connectivity index (χ1v) is 10.1. The molecule has 0 amide bonds. The zero-order valence-corrected chi connectivity index (χ0v) is 17.5. The summed E-state index contributed by atoms with van der Waals surface area (Å²) in [6.07, 6.45) is 3.59. The molecule has 0 radical (unpaired) electrons. The van der Waals surface area contributed by atoms with Gasteiger partial charge in [-0.1, -0.05) is 70.0 Å². The van der Waals surface area contributed by atoms with E-state index in [0.29, 0.717) is 17.9 Å². The first-order chi connectivity index (χ1) is 14.1. The first kappa shape index (κ1) is 19.2. The van der Waals surface area contributed by atoms with Gasteiger partial charge in [0.15, 0.2) is 0 Å². The van der Waals surface area contributed by atoms with Gasteiger partial charge in [-0.2, -0.15) is 0 Å². The molecule has 0 bridgehead atoms. The molecule has 4 rings (SSSR count). The Kier molecular flexibility index (Phi) is 5.63. The number of hydrogen-bond donors (Lipinski definition) is 0. The zero-order chi connectivity index (χ0) is 20.2. The molecule has 0 aliphatic carbocycles. The van der Waals surface area contributed by atoms with E-state index < -0.39 is 0 Å². The van der Waals surface area contributed by atoms with E-state index in [0.717, 1.165) is 26.9 Å². The van der Waals surface area contributed by atoms with Crippen LogP contribution in [-0.4, -0.2) is 5.97 Å². The number of hydrogen-bond acceptors (Lipinski definition) is 3. The Labute approximate surface area is 178 Å². The number of carbonyl (C=O) groups is 1. The Morgan fingerprint density at radius 2 is 1.76 bits per heavy atom. The third-order valence-electron chi connectivity index (χ3n) is 4.54. The molecule has 1 aliphatic heterocycles. The third-order valence-corrected chi connectivity index (χ3v) is 5.07. The number of aryl methyl sites for hydroxylation is 1. The van der Waals surface area contributed by atoms with Crippen LogP contribution >= 0.6 is 15.9 Å². The third kappa shape index (κ3) is 4.84. The molecule has 3 aromatic rings. The lowest BCUT2D eigenvalue weighted by atomic mass is 10.1. The molecule has 0 unspecified atom stereocenters. The van der Waals surface area contributed by atoms with Crippen molar-refractivity contribution in [3.8, 4) is 5.75 Å². The summed E-state index contributed by atoms with van der Waals surface area (Å²) in [5.74, 6) is 1.00. The molecule has 0 N–H and O–H groups in total. The van der Waals surface area contributed by atoms with Crippen LogP contribution in [-0.2, 0) is 16.1 Å². The quantitative estimate of drug-likeness (QED) is 0.339. The Bertz CT molecular complexity index is 1090. The lowest BCUT2D eigenvalue weighted by Crippen LogP contribution is -1.97. The number of ether oxygens (including phenoxy) is 2. The predicted molar refractivity (Wildman–Crippen MR) is 118 cm³/mol. The fraction of sp³-hybridized carbons (Fsp3) is 0.0800. The summed E-state index contributed by atoms with van der Waals surface area (Å²) in [6.45, 7) is 2.59. The topological polar surface area (TPSA) is 35.5 Å². The van der Waals surface area contributed by atoms with Crippen molar-refractivity contribution >= 4 is 33.7 Å². The van der Waals surface area contributed by atoms with Crippen molar-refractivity contribution in [1.29, 1.82) is 0 Å². The molecule has 0 atom stereocenters. The SMILES string of the molecule is Cc1cccc(COc2ccc(/C=C3\C=C(c4ccc(Br)cc4)OC3=O)cc2)c1.